The van der Waals surface area contributed by atoms with Gasteiger partial charge in [-0.3, -0.25) is 4.79 Å². The molecule has 1 aromatic rings. The minimum Gasteiger partial charge on any atom is -0.423 e. The summed E-state index contributed by atoms with van der Waals surface area (Å²) in [7, 11) is 0. The molecule has 7 heteroatoms. The Balaban J connectivity index is 2.14. The number of esters is 1. The molecule has 0 N–H and O–H groups in total. The van der Waals surface area contributed by atoms with Gasteiger partial charge in [0, 0.05) is 12.5 Å². The lowest BCUT2D eigenvalue weighted by Gasteiger charge is -2.08. The van der Waals surface area contributed by atoms with Gasteiger partial charge >= 0.3 is 12.1 Å². The molecule has 1 aliphatic rings. The molecule has 0 bridgehead atoms. The second kappa shape index (κ2) is 4.91. The Morgan fingerprint density at radius 2 is 2.21 bits per heavy atom. The fourth-order valence-corrected chi connectivity index (χ4v) is 1.65. The van der Waals surface area contributed by atoms with Gasteiger partial charge in [-0.05, 0) is 12.1 Å². The number of oxime groups is 1. The molecule has 1 heterocycles. The van der Waals surface area contributed by atoms with Crippen LogP contribution in [-0.2, 0) is 20.5 Å². The fourth-order valence-electron chi connectivity index (χ4n) is 1.65. The number of hydrogen-bond donors (Lipinski definition) is 0. The van der Waals surface area contributed by atoms with Crippen LogP contribution >= 0.6 is 0 Å². The average molecular weight is 273 g/mol. The summed E-state index contributed by atoms with van der Waals surface area (Å²) < 4.78 is 42.5. The van der Waals surface area contributed by atoms with Crippen LogP contribution < -0.4 is 0 Å². The van der Waals surface area contributed by atoms with E-state index >= 15 is 0 Å². The zero-order valence-electron chi connectivity index (χ0n) is 9.90. The van der Waals surface area contributed by atoms with Crippen molar-refractivity contribution < 1.29 is 27.5 Å². The number of carbonyl (C=O) groups excluding carboxylic acids is 1. The lowest BCUT2D eigenvalue weighted by molar-refractivity contribution is -0.170. The molecular weight excluding hydrogens is 263 g/mol. The third-order valence-electron chi connectivity index (χ3n) is 2.46. The first-order valence-corrected chi connectivity index (χ1v) is 5.44. The molecule has 1 aromatic carbocycles. The minimum absolute atomic E-state index is 0.126. The van der Waals surface area contributed by atoms with Crippen LogP contribution in [-0.4, -0.2) is 18.0 Å². The zero-order valence-corrected chi connectivity index (χ0v) is 9.90. The van der Waals surface area contributed by atoms with Gasteiger partial charge in [-0.25, -0.2) is 0 Å². The predicted molar refractivity (Wildman–Crippen MR) is 59.2 cm³/mol. The third-order valence-corrected chi connectivity index (χ3v) is 2.46. The maximum atomic E-state index is 12.6. The first kappa shape index (κ1) is 13.4. The van der Waals surface area contributed by atoms with Gasteiger partial charge < -0.3 is 9.57 Å². The Labute approximate surface area is 106 Å². The Morgan fingerprint density at radius 3 is 2.84 bits per heavy atom. The van der Waals surface area contributed by atoms with Crippen LogP contribution in [0.5, 0.6) is 0 Å². The summed E-state index contributed by atoms with van der Waals surface area (Å²) in [5.41, 5.74) is -0.148. The van der Waals surface area contributed by atoms with Crippen molar-refractivity contribution in [3.8, 4) is 0 Å². The molecular formula is C12H10F3NO3. The lowest BCUT2D eigenvalue weighted by atomic mass is 10.0. The van der Waals surface area contributed by atoms with Crippen molar-refractivity contribution in [3.05, 3.63) is 35.4 Å². The molecule has 0 amide bonds. The second-order valence-electron chi connectivity index (χ2n) is 3.97. The molecule has 0 aliphatic carbocycles. The van der Waals surface area contributed by atoms with Crippen LogP contribution in [0.2, 0.25) is 0 Å². The summed E-state index contributed by atoms with van der Waals surface area (Å²) >= 11 is 0. The molecule has 4 nitrogen and oxygen atoms in total. The van der Waals surface area contributed by atoms with E-state index in [0.717, 1.165) is 12.1 Å². The first-order chi connectivity index (χ1) is 8.86. The predicted octanol–water partition coefficient (Wildman–Crippen LogP) is 2.72. The van der Waals surface area contributed by atoms with Gasteiger partial charge in [-0.1, -0.05) is 17.3 Å². The van der Waals surface area contributed by atoms with E-state index in [2.05, 4.69) is 5.16 Å². The van der Waals surface area contributed by atoms with E-state index in [0.29, 0.717) is 11.3 Å². The van der Waals surface area contributed by atoms with Crippen molar-refractivity contribution in [3.63, 3.8) is 0 Å². The van der Waals surface area contributed by atoms with Crippen LogP contribution in [0.25, 0.3) is 0 Å². The van der Waals surface area contributed by atoms with Gasteiger partial charge in [-0.2, -0.15) is 13.2 Å². The molecule has 19 heavy (non-hydrogen) atoms. The van der Waals surface area contributed by atoms with Crippen molar-refractivity contribution in [2.75, 3.05) is 0 Å². The van der Waals surface area contributed by atoms with Gasteiger partial charge in [0.1, 0.15) is 0 Å². The molecule has 0 aromatic heterocycles. The standard InChI is InChI=1S/C12H10F3NO3/c1-7(17)18-11-6-10(16-19-11)8-3-2-4-9(5-8)12(13,14)15/h2-5,11H,6H2,1H3. The highest BCUT2D eigenvalue weighted by molar-refractivity contribution is 6.01. The first-order valence-electron chi connectivity index (χ1n) is 5.44. The number of carbonyl (C=O) groups is 1. The van der Waals surface area contributed by atoms with E-state index in [4.69, 9.17) is 9.57 Å². The van der Waals surface area contributed by atoms with Gasteiger partial charge in [0.25, 0.3) is 6.29 Å². The smallest absolute Gasteiger partial charge is 0.416 e. The molecule has 1 atom stereocenters. The van der Waals surface area contributed by atoms with Crippen LogP contribution in [0.4, 0.5) is 13.2 Å². The molecule has 0 radical (unpaired) electrons. The van der Waals surface area contributed by atoms with Gasteiger partial charge in [0.05, 0.1) is 17.7 Å². The van der Waals surface area contributed by atoms with E-state index in [1.807, 2.05) is 0 Å². The van der Waals surface area contributed by atoms with E-state index in [9.17, 15) is 18.0 Å². The number of halogens is 3. The number of alkyl halides is 3. The summed E-state index contributed by atoms with van der Waals surface area (Å²) in [5, 5.41) is 3.64. The van der Waals surface area contributed by atoms with E-state index in [1.165, 1.54) is 19.1 Å². The highest BCUT2D eigenvalue weighted by Crippen LogP contribution is 2.30. The molecule has 0 saturated carbocycles. The molecule has 0 saturated heterocycles. The van der Waals surface area contributed by atoms with E-state index < -0.39 is 24.0 Å². The number of hydrogen-bond acceptors (Lipinski definition) is 4. The van der Waals surface area contributed by atoms with Crippen molar-refractivity contribution in [2.24, 2.45) is 5.16 Å². The maximum Gasteiger partial charge on any atom is 0.416 e. The minimum atomic E-state index is -4.41. The average Bonchev–Trinajstić information content (AvgIpc) is 2.76. The molecule has 1 unspecified atom stereocenters. The summed E-state index contributed by atoms with van der Waals surface area (Å²) in [6.45, 7) is 1.21. The van der Waals surface area contributed by atoms with Crippen LogP contribution in [0, 0.1) is 0 Å². The number of rotatable bonds is 2. The second-order valence-corrected chi connectivity index (χ2v) is 3.97. The fraction of sp³-hybridized carbons (Fsp3) is 0.333. The van der Waals surface area contributed by atoms with Crippen molar-refractivity contribution in [2.45, 2.75) is 25.8 Å². The summed E-state index contributed by atoms with van der Waals surface area (Å²) in [4.78, 5) is 15.5. The largest absolute Gasteiger partial charge is 0.423 e. The number of nitrogens with zero attached hydrogens (tertiary/aromatic N) is 1. The topological polar surface area (TPSA) is 47.9 Å². The molecule has 0 fully saturated rings. The van der Waals surface area contributed by atoms with Crippen LogP contribution in [0.15, 0.2) is 29.4 Å². The molecule has 1 aliphatic heterocycles. The van der Waals surface area contributed by atoms with Gasteiger partial charge in [0.15, 0.2) is 0 Å². The Bertz CT molecular complexity index is 525. The maximum absolute atomic E-state index is 12.6. The number of benzene rings is 1. The van der Waals surface area contributed by atoms with Crippen molar-refractivity contribution in [1.82, 2.24) is 0 Å². The van der Waals surface area contributed by atoms with Crippen LogP contribution in [0.3, 0.4) is 0 Å². The van der Waals surface area contributed by atoms with E-state index in [1.54, 1.807) is 0 Å². The van der Waals surface area contributed by atoms with Crippen molar-refractivity contribution >= 4 is 11.7 Å². The Hall–Kier alpha value is -2.05. The Kier molecular flexibility index (Phi) is 3.46. The van der Waals surface area contributed by atoms with Crippen molar-refractivity contribution in [1.29, 1.82) is 0 Å². The molecule has 0 spiro atoms. The number of ether oxygens (including phenoxy) is 1. The summed E-state index contributed by atoms with van der Waals surface area (Å²) in [6.07, 6.45) is -5.16. The highest BCUT2D eigenvalue weighted by Gasteiger charge is 2.32. The SMILES string of the molecule is CC(=O)OC1CC(c2cccc(C(F)(F)F)c2)=NO1. The lowest BCUT2D eigenvalue weighted by Crippen LogP contribution is -2.16. The normalized spacial score (nSPS) is 18.7. The zero-order chi connectivity index (χ0) is 14.0. The summed E-state index contributed by atoms with van der Waals surface area (Å²) in [5.74, 6) is -0.537. The Morgan fingerprint density at radius 1 is 1.47 bits per heavy atom. The quantitative estimate of drug-likeness (QED) is 0.778. The monoisotopic (exact) mass is 273 g/mol. The molecule has 102 valence electrons. The van der Waals surface area contributed by atoms with Crippen LogP contribution in [0.1, 0.15) is 24.5 Å². The van der Waals surface area contributed by atoms with Gasteiger partial charge in [0.2, 0.25) is 0 Å². The summed E-state index contributed by atoms with van der Waals surface area (Å²) in [6, 6.07) is 4.75. The molecule has 2 rings (SSSR count). The van der Waals surface area contributed by atoms with Gasteiger partial charge in [-0.15, -0.1) is 0 Å². The highest BCUT2D eigenvalue weighted by atomic mass is 19.4. The third kappa shape index (κ3) is 3.24. The van der Waals surface area contributed by atoms with E-state index in [-0.39, 0.29) is 6.42 Å².